The molecule has 0 radical (unpaired) electrons. The van der Waals surface area contributed by atoms with Crippen LogP contribution in [0.4, 0.5) is 0 Å². The van der Waals surface area contributed by atoms with Gasteiger partial charge in [-0.3, -0.25) is 9.59 Å². The van der Waals surface area contributed by atoms with Crippen LogP contribution in [-0.4, -0.2) is 33.5 Å². The molecule has 1 aromatic heterocycles. The molecule has 0 bridgehead atoms. The second-order valence-corrected chi connectivity index (χ2v) is 4.23. The Morgan fingerprint density at radius 3 is 2.78 bits per heavy atom. The monoisotopic (exact) mass is 251 g/mol. The van der Waals surface area contributed by atoms with E-state index in [1.165, 1.54) is 12.5 Å². The van der Waals surface area contributed by atoms with E-state index in [9.17, 15) is 9.59 Å². The second-order valence-electron chi connectivity index (χ2n) is 4.23. The molecule has 6 nitrogen and oxygen atoms in total. The number of hydrogen-bond acceptors (Lipinski definition) is 4. The molecule has 1 aromatic rings. The molecule has 0 fully saturated rings. The maximum atomic E-state index is 11.9. The Morgan fingerprint density at radius 1 is 1.44 bits per heavy atom. The Hall–Kier alpha value is -1.98. The van der Waals surface area contributed by atoms with Crippen molar-refractivity contribution in [3.63, 3.8) is 0 Å². The average Bonchev–Trinajstić information content (AvgIpc) is 2.34. The maximum absolute atomic E-state index is 11.9. The Kier molecular flexibility index (Phi) is 5.23. The first-order valence-electron chi connectivity index (χ1n) is 5.82. The minimum absolute atomic E-state index is 0.0443. The summed E-state index contributed by atoms with van der Waals surface area (Å²) >= 11 is 0. The van der Waals surface area contributed by atoms with Crippen LogP contribution in [0.3, 0.4) is 0 Å². The lowest BCUT2D eigenvalue weighted by Crippen LogP contribution is -2.26. The highest BCUT2D eigenvalue weighted by atomic mass is 16.4. The number of aliphatic carboxylic acids is 1. The first-order valence-corrected chi connectivity index (χ1v) is 5.82. The van der Waals surface area contributed by atoms with E-state index in [4.69, 9.17) is 5.11 Å². The summed E-state index contributed by atoms with van der Waals surface area (Å²) < 4.78 is 0. The predicted molar refractivity (Wildman–Crippen MR) is 65.3 cm³/mol. The van der Waals surface area contributed by atoms with Crippen molar-refractivity contribution in [2.45, 2.75) is 32.6 Å². The fourth-order valence-corrected chi connectivity index (χ4v) is 1.51. The van der Waals surface area contributed by atoms with Gasteiger partial charge in [0.25, 0.3) is 5.91 Å². The standard InChI is InChI=1S/C12H17N3O3/c1-8(2)11-9(6-13-7-15-11)12(18)14-5-3-4-10(16)17/h6-8H,3-5H2,1-2H3,(H,14,18)(H,16,17). The first kappa shape index (κ1) is 14.1. The fraction of sp³-hybridized carbons (Fsp3) is 0.500. The molecule has 6 heteroatoms. The third kappa shape index (κ3) is 4.12. The third-order valence-corrected chi connectivity index (χ3v) is 2.39. The van der Waals surface area contributed by atoms with Crippen molar-refractivity contribution in [1.82, 2.24) is 15.3 Å². The van der Waals surface area contributed by atoms with Crippen molar-refractivity contribution in [2.24, 2.45) is 0 Å². The highest BCUT2D eigenvalue weighted by Gasteiger charge is 2.14. The molecule has 1 amide bonds. The minimum atomic E-state index is -0.866. The van der Waals surface area contributed by atoms with Crippen LogP contribution < -0.4 is 5.32 Å². The van der Waals surface area contributed by atoms with Crippen LogP contribution in [-0.2, 0) is 4.79 Å². The number of carboxylic acids is 1. The zero-order valence-electron chi connectivity index (χ0n) is 10.5. The van der Waals surface area contributed by atoms with E-state index in [1.807, 2.05) is 13.8 Å². The van der Waals surface area contributed by atoms with Gasteiger partial charge in [0.15, 0.2) is 0 Å². The number of hydrogen-bond donors (Lipinski definition) is 2. The summed E-state index contributed by atoms with van der Waals surface area (Å²) in [5, 5.41) is 11.1. The van der Waals surface area contributed by atoms with Gasteiger partial charge in [0.1, 0.15) is 6.33 Å². The zero-order chi connectivity index (χ0) is 13.5. The predicted octanol–water partition coefficient (Wildman–Crippen LogP) is 1.19. The summed E-state index contributed by atoms with van der Waals surface area (Å²) in [5.41, 5.74) is 1.14. The molecule has 1 heterocycles. The van der Waals surface area contributed by atoms with Crippen LogP contribution in [0.1, 0.15) is 48.7 Å². The normalized spacial score (nSPS) is 10.4. The number of rotatable bonds is 6. The van der Waals surface area contributed by atoms with Crippen LogP contribution >= 0.6 is 0 Å². The van der Waals surface area contributed by atoms with Gasteiger partial charge in [-0.2, -0.15) is 0 Å². The second kappa shape index (κ2) is 6.68. The molecule has 0 unspecified atom stereocenters. The van der Waals surface area contributed by atoms with Crippen LogP contribution in [0.25, 0.3) is 0 Å². The van der Waals surface area contributed by atoms with Crippen molar-refractivity contribution in [1.29, 1.82) is 0 Å². The van der Waals surface area contributed by atoms with Crippen LogP contribution in [0.5, 0.6) is 0 Å². The Morgan fingerprint density at radius 2 is 2.17 bits per heavy atom. The Labute approximate surface area is 105 Å². The van der Waals surface area contributed by atoms with Gasteiger partial charge in [0, 0.05) is 19.2 Å². The lowest BCUT2D eigenvalue weighted by Gasteiger charge is -2.10. The van der Waals surface area contributed by atoms with Crippen LogP contribution in [0.2, 0.25) is 0 Å². The molecule has 0 saturated carbocycles. The van der Waals surface area contributed by atoms with Crippen molar-refractivity contribution in [3.8, 4) is 0 Å². The largest absolute Gasteiger partial charge is 0.481 e. The number of amides is 1. The summed E-state index contributed by atoms with van der Waals surface area (Å²) in [6.07, 6.45) is 3.35. The molecule has 18 heavy (non-hydrogen) atoms. The average molecular weight is 251 g/mol. The molecule has 0 saturated heterocycles. The highest BCUT2D eigenvalue weighted by molar-refractivity contribution is 5.95. The van der Waals surface area contributed by atoms with Gasteiger partial charge >= 0.3 is 5.97 Å². The maximum Gasteiger partial charge on any atom is 0.303 e. The van der Waals surface area contributed by atoms with Crippen LogP contribution in [0, 0.1) is 0 Å². The molecule has 0 spiro atoms. The van der Waals surface area contributed by atoms with Crippen molar-refractivity contribution in [3.05, 3.63) is 23.8 Å². The highest BCUT2D eigenvalue weighted by Crippen LogP contribution is 2.15. The molecule has 0 aliphatic heterocycles. The van der Waals surface area contributed by atoms with E-state index >= 15 is 0 Å². The number of aromatic nitrogens is 2. The van der Waals surface area contributed by atoms with E-state index in [0.29, 0.717) is 24.2 Å². The van der Waals surface area contributed by atoms with E-state index in [-0.39, 0.29) is 18.2 Å². The summed E-state index contributed by atoms with van der Waals surface area (Å²) in [6.45, 7) is 4.23. The molecule has 2 N–H and O–H groups in total. The lowest BCUT2D eigenvalue weighted by atomic mass is 10.0. The number of carbonyl (C=O) groups excluding carboxylic acids is 1. The third-order valence-electron chi connectivity index (χ3n) is 2.39. The van der Waals surface area contributed by atoms with E-state index in [1.54, 1.807) is 0 Å². The fourth-order valence-electron chi connectivity index (χ4n) is 1.51. The smallest absolute Gasteiger partial charge is 0.303 e. The topological polar surface area (TPSA) is 92.2 Å². The number of carboxylic acid groups (broad SMARTS) is 1. The molecule has 1 rings (SSSR count). The van der Waals surface area contributed by atoms with Gasteiger partial charge in [-0.1, -0.05) is 13.8 Å². The minimum Gasteiger partial charge on any atom is -0.481 e. The number of carbonyl (C=O) groups is 2. The van der Waals surface area contributed by atoms with Crippen molar-refractivity contribution in [2.75, 3.05) is 6.54 Å². The molecule has 0 aliphatic rings. The Balaban J connectivity index is 2.59. The number of nitrogens with zero attached hydrogens (tertiary/aromatic N) is 2. The van der Waals surface area contributed by atoms with E-state index in [0.717, 1.165) is 0 Å². The summed E-state index contributed by atoms with van der Waals surface area (Å²) in [6, 6.07) is 0. The van der Waals surface area contributed by atoms with Crippen LogP contribution in [0.15, 0.2) is 12.5 Å². The van der Waals surface area contributed by atoms with E-state index < -0.39 is 5.97 Å². The van der Waals surface area contributed by atoms with Gasteiger partial charge in [-0.15, -0.1) is 0 Å². The molecular weight excluding hydrogens is 234 g/mol. The summed E-state index contributed by atoms with van der Waals surface area (Å²) in [5.74, 6) is -0.993. The molecule has 0 atom stereocenters. The molecule has 98 valence electrons. The molecule has 0 aromatic carbocycles. The zero-order valence-corrected chi connectivity index (χ0v) is 10.5. The lowest BCUT2D eigenvalue weighted by molar-refractivity contribution is -0.137. The van der Waals surface area contributed by atoms with Gasteiger partial charge in [0.2, 0.25) is 0 Å². The van der Waals surface area contributed by atoms with E-state index in [2.05, 4.69) is 15.3 Å². The van der Waals surface area contributed by atoms with Crippen molar-refractivity contribution >= 4 is 11.9 Å². The summed E-state index contributed by atoms with van der Waals surface area (Å²) in [7, 11) is 0. The summed E-state index contributed by atoms with van der Waals surface area (Å²) in [4.78, 5) is 30.1. The van der Waals surface area contributed by atoms with Gasteiger partial charge in [-0.05, 0) is 12.3 Å². The van der Waals surface area contributed by atoms with Crippen molar-refractivity contribution < 1.29 is 14.7 Å². The van der Waals surface area contributed by atoms with Gasteiger partial charge in [-0.25, -0.2) is 9.97 Å². The molecule has 0 aliphatic carbocycles. The van der Waals surface area contributed by atoms with Gasteiger partial charge in [0.05, 0.1) is 11.3 Å². The quantitative estimate of drug-likeness (QED) is 0.741. The van der Waals surface area contributed by atoms with Gasteiger partial charge < -0.3 is 10.4 Å². The Bertz CT molecular complexity index is 432. The number of nitrogens with one attached hydrogen (secondary N) is 1. The molecular formula is C12H17N3O3. The SMILES string of the molecule is CC(C)c1ncncc1C(=O)NCCCC(=O)O. The first-order chi connectivity index (χ1) is 8.52.